The maximum atomic E-state index is 12.9. The van der Waals surface area contributed by atoms with E-state index in [2.05, 4.69) is 39.4 Å². The summed E-state index contributed by atoms with van der Waals surface area (Å²) in [4.78, 5) is 22.1. The number of hydrogen-bond donors (Lipinski definition) is 2. The van der Waals surface area contributed by atoms with Gasteiger partial charge < -0.3 is 10.1 Å². The number of nitrogens with zero attached hydrogens (tertiary/aromatic N) is 5. The third-order valence-corrected chi connectivity index (χ3v) is 5.81. The molecule has 0 bridgehead atoms. The summed E-state index contributed by atoms with van der Waals surface area (Å²) in [5.41, 5.74) is 5.21. The molecule has 0 spiro atoms. The van der Waals surface area contributed by atoms with Gasteiger partial charge in [-0.3, -0.25) is 9.89 Å². The number of carbonyl (C=O) groups excluding carboxylic acids is 1. The van der Waals surface area contributed by atoms with Crippen molar-refractivity contribution in [2.24, 2.45) is 7.05 Å². The second-order valence-corrected chi connectivity index (χ2v) is 8.42. The average Bonchev–Trinajstić information content (AvgIpc) is 3.39. The Morgan fingerprint density at radius 1 is 1.21 bits per heavy atom. The zero-order valence-corrected chi connectivity index (χ0v) is 19.9. The van der Waals surface area contributed by atoms with Gasteiger partial charge >= 0.3 is 0 Å². The van der Waals surface area contributed by atoms with Crippen molar-refractivity contribution in [3.8, 4) is 17.3 Å². The summed E-state index contributed by atoms with van der Waals surface area (Å²) in [7, 11) is 3.45. The predicted octanol–water partition coefficient (Wildman–Crippen LogP) is 4.07. The number of amides is 1. The van der Waals surface area contributed by atoms with Crippen LogP contribution in [0.4, 0.5) is 5.69 Å². The minimum Gasteiger partial charge on any atom is -0.479 e. The summed E-state index contributed by atoms with van der Waals surface area (Å²) in [6, 6.07) is 7.56. The number of benzene rings is 1. The lowest BCUT2D eigenvalue weighted by Gasteiger charge is -2.12. The fraction of sp³-hybridized carbons (Fsp3) is 0.375. The molecule has 4 aromatic rings. The first-order valence-corrected chi connectivity index (χ1v) is 11.0. The van der Waals surface area contributed by atoms with Gasteiger partial charge in [0, 0.05) is 30.6 Å². The number of rotatable bonds is 7. The number of ether oxygens (including phenoxy) is 1. The second-order valence-electron chi connectivity index (χ2n) is 8.42. The van der Waals surface area contributed by atoms with Crippen LogP contribution >= 0.6 is 0 Å². The Hall–Kier alpha value is -3.75. The average molecular weight is 448 g/mol. The quantitative estimate of drug-likeness (QED) is 0.442. The van der Waals surface area contributed by atoms with Crippen LogP contribution in [0.15, 0.2) is 24.3 Å². The molecule has 0 aliphatic rings. The van der Waals surface area contributed by atoms with Crippen molar-refractivity contribution in [1.29, 1.82) is 0 Å². The Balaban J connectivity index is 1.54. The Kier molecular flexibility index (Phi) is 6.13. The van der Waals surface area contributed by atoms with Crippen molar-refractivity contribution in [1.82, 2.24) is 29.9 Å². The minimum atomic E-state index is -0.0842. The molecule has 4 rings (SSSR count). The highest BCUT2D eigenvalue weighted by Gasteiger charge is 2.19. The topological polar surface area (TPSA) is 111 Å². The molecule has 0 radical (unpaired) electrons. The molecule has 0 saturated heterocycles. The van der Waals surface area contributed by atoms with Crippen LogP contribution in [0.5, 0.6) is 5.88 Å². The van der Waals surface area contributed by atoms with E-state index >= 15 is 0 Å². The number of anilines is 1. The normalized spacial score (nSPS) is 11.4. The molecular formula is C24H29N7O2. The highest BCUT2D eigenvalue weighted by atomic mass is 16.5. The molecule has 9 nitrogen and oxygen atoms in total. The molecule has 33 heavy (non-hydrogen) atoms. The van der Waals surface area contributed by atoms with Gasteiger partial charge in [-0.25, -0.2) is 14.6 Å². The second kappa shape index (κ2) is 9.01. The number of hydrogen-bond acceptors (Lipinski definition) is 6. The van der Waals surface area contributed by atoms with Crippen LogP contribution in [0, 0.1) is 13.8 Å². The minimum absolute atomic E-state index is 0.0842. The number of pyridine rings is 1. The fourth-order valence-corrected chi connectivity index (χ4v) is 4.00. The van der Waals surface area contributed by atoms with Crippen molar-refractivity contribution in [2.75, 3.05) is 12.4 Å². The van der Waals surface area contributed by atoms with Crippen molar-refractivity contribution in [3.63, 3.8) is 0 Å². The number of para-hydroxylation sites is 1. The predicted molar refractivity (Wildman–Crippen MR) is 127 cm³/mol. The van der Waals surface area contributed by atoms with E-state index in [-0.39, 0.29) is 11.8 Å². The third-order valence-electron chi connectivity index (χ3n) is 5.81. The third kappa shape index (κ3) is 4.30. The zero-order valence-electron chi connectivity index (χ0n) is 19.9. The molecule has 3 aromatic heterocycles. The number of aryl methyl sites for hydroxylation is 3. The van der Waals surface area contributed by atoms with Crippen LogP contribution in [0.2, 0.25) is 0 Å². The molecule has 0 unspecified atom stereocenters. The Morgan fingerprint density at radius 2 is 1.97 bits per heavy atom. The summed E-state index contributed by atoms with van der Waals surface area (Å²) in [5, 5.41) is 15.6. The van der Waals surface area contributed by atoms with Gasteiger partial charge in [0.25, 0.3) is 0 Å². The molecule has 3 heterocycles. The number of aromatic amines is 1. The molecular weight excluding hydrogens is 418 g/mol. The van der Waals surface area contributed by atoms with Crippen LogP contribution in [0.1, 0.15) is 48.8 Å². The number of aromatic nitrogens is 6. The summed E-state index contributed by atoms with van der Waals surface area (Å²) >= 11 is 0. The van der Waals surface area contributed by atoms with E-state index in [9.17, 15) is 4.79 Å². The number of nitrogens with one attached hydrogen (secondary N) is 2. The maximum Gasteiger partial charge on any atom is 0.242 e. The van der Waals surface area contributed by atoms with Crippen LogP contribution in [-0.4, -0.2) is 43.0 Å². The first kappa shape index (κ1) is 22.4. The number of fused-ring (bicyclic) bond motifs is 1. The standard InChI is InChI=1S/C24H29N7O2/c1-13(2)21-27-22(29-28-21)17-9-7-8-10-18(17)26-19(32)12-11-16-14(3)20-23(25-15(16)4)31(5)30-24(20)33-6/h7-10,13H,11-12H2,1-6H3,(H,26,32)(H,27,28,29). The lowest BCUT2D eigenvalue weighted by Crippen LogP contribution is -2.14. The molecule has 0 aliphatic carbocycles. The van der Waals surface area contributed by atoms with Crippen LogP contribution in [0.25, 0.3) is 22.4 Å². The SMILES string of the molecule is COc1nn(C)c2nc(C)c(CCC(=O)Nc3ccccc3-c3n[nH]c(C(C)C)n3)c(C)c12. The summed E-state index contributed by atoms with van der Waals surface area (Å²) in [6.45, 7) is 8.09. The molecule has 1 aromatic carbocycles. The Morgan fingerprint density at radius 3 is 2.67 bits per heavy atom. The van der Waals surface area contributed by atoms with Gasteiger partial charge in [-0.2, -0.15) is 5.10 Å². The van der Waals surface area contributed by atoms with Crippen molar-refractivity contribution >= 4 is 22.6 Å². The van der Waals surface area contributed by atoms with E-state index in [4.69, 9.17) is 9.72 Å². The first-order chi connectivity index (χ1) is 15.8. The van der Waals surface area contributed by atoms with Crippen LogP contribution in [-0.2, 0) is 18.3 Å². The van der Waals surface area contributed by atoms with E-state index in [0.29, 0.717) is 30.2 Å². The fourth-order valence-electron chi connectivity index (χ4n) is 4.00. The van der Waals surface area contributed by atoms with E-state index in [0.717, 1.165) is 39.2 Å². The molecule has 0 aliphatic heterocycles. The van der Waals surface area contributed by atoms with E-state index in [1.54, 1.807) is 11.8 Å². The van der Waals surface area contributed by atoms with Crippen molar-refractivity contribution in [3.05, 3.63) is 46.9 Å². The smallest absolute Gasteiger partial charge is 0.242 e. The summed E-state index contributed by atoms with van der Waals surface area (Å²) in [6.07, 6.45) is 0.877. The molecule has 0 fully saturated rings. The Labute approximate surface area is 192 Å². The molecule has 172 valence electrons. The molecule has 9 heteroatoms. The lowest BCUT2D eigenvalue weighted by atomic mass is 10.00. The van der Waals surface area contributed by atoms with Crippen molar-refractivity contribution < 1.29 is 9.53 Å². The number of methoxy groups -OCH3 is 1. The van der Waals surface area contributed by atoms with E-state index in [1.165, 1.54) is 0 Å². The van der Waals surface area contributed by atoms with E-state index in [1.807, 2.05) is 45.2 Å². The molecule has 1 amide bonds. The summed E-state index contributed by atoms with van der Waals surface area (Å²) in [5.74, 6) is 2.08. The van der Waals surface area contributed by atoms with Gasteiger partial charge in [-0.05, 0) is 43.5 Å². The van der Waals surface area contributed by atoms with Crippen LogP contribution < -0.4 is 10.1 Å². The van der Waals surface area contributed by atoms with Crippen molar-refractivity contribution in [2.45, 2.75) is 46.5 Å². The monoisotopic (exact) mass is 447 g/mol. The number of carbonyl (C=O) groups is 1. The van der Waals surface area contributed by atoms with Gasteiger partial charge in [-0.1, -0.05) is 26.0 Å². The van der Waals surface area contributed by atoms with Gasteiger partial charge in [0.15, 0.2) is 11.5 Å². The van der Waals surface area contributed by atoms with Gasteiger partial charge in [-0.15, -0.1) is 5.10 Å². The highest BCUT2D eigenvalue weighted by molar-refractivity contribution is 5.95. The largest absolute Gasteiger partial charge is 0.479 e. The van der Waals surface area contributed by atoms with Gasteiger partial charge in [0.1, 0.15) is 5.82 Å². The zero-order chi connectivity index (χ0) is 23.7. The highest BCUT2D eigenvalue weighted by Crippen LogP contribution is 2.31. The van der Waals surface area contributed by atoms with Gasteiger partial charge in [0.2, 0.25) is 11.8 Å². The molecule has 0 atom stereocenters. The van der Waals surface area contributed by atoms with Gasteiger partial charge in [0.05, 0.1) is 18.2 Å². The van der Waals surface area contributed by atoms with Crippen LogP contribution in [0.3, 0.4) is 0 Å². The summed E-state index contributed by atoms with van der Waals surface area (Å²) < 4.78 is 7.15. The lowest BCUT2D eigenvalue weighted by molar-refractivity contribution is -0.116. The van der Waals surface area contributed by atoms with E-state index < -0.39 is 0 Å². The molecule has 0 saturated carbocycles. The maximum absolute atomic E-state index is 12.9. The number of H-pyrrole nitrogens is 1. The Bertz CT molecular complexity index is 1320. The first-order valence-electron chi connectivity index (χ1n) is 11.0. The molecule has 2 N–H and O–H groups in total.